The Morgan fingerprint density at radius 2 is 2.00 bits per heavy atom. The third kappa shape index (κ3) is 11.1. The first-order chi connectivity index (χ1) is 5.31. The molecule has 3 radical (unpaired) electrons. The summed E-state index contributed by atoms with van der Waals surface area (Å²) in [7, 11) is 5.50. The van der Waals surface area contributed by atoms with Crippen LogP contribution in [-0.4, -0.2) is 26.0 Å². The summed E-state index contributed by atoms with van der Waals surface area (Å²) in [6.07, 6.45) is 4.69. The maximum absolute atomic E-state index is 5.50. The van der Waals surface area contributed by atoms with Gasteiger partial charge < -0.3 is 6.92 Å². The van der Waals surface area contributed by atoms with E-state index in [1.54, 1.807) is 4.92 Å². The van der Waals surface area contributed by atoms with Gasteiger partial charge in [-0.05, 0) is 13.0 Å². The van der Waals surface area contributed by atoms with Gasteiger partial charge in [0.25, 0.3) is 0 Å². The number of rotatable bonds is 7. The van der Waals surface area contributed by atoms with Crippen molar-refractivity contribution in [1.82, 2.24) is 10.3 Å². The molecule has 0 aromatic rings. The van der Waals surface area contributed by atoms with Gasteiger partial charge in [-0.15, -0.1) is 0 Å². The summed E-state index contributed by atoms with van der Waals surface area (Å²) in [5.74, 6) is 0. The summed E-state index contributed by atoms with van der Waals surface area (Å²) in [6.45, 7) is 7.62. The summed E-state index contributed by atoms with van der Waals surface area (Å²) in [5, 5.41) is 0. The van der Waals surface area contributed by atoms with Crippen LogP contribution in [0.1, 0.15) is 32.6 Å². The van der Waals surface area contributed by atoms with Crippen LogP contribution in [0.3, 0.4) is 0 Å². The van der Waals surface area contributed by atoms with E-state index in [1.807, 2.05) is 6.92 Å². The molecule has 0 aliphatic carbocycles. The summed E-state index contributed by atoms with van der Waals surface area (Å²) in [6, 6.07) is 0. The molecule has 0 aromatic carbocycles. The average molecular weight is 242 g/mol. The molecule has 0 saturated carbocycles. The van der Waals surface area contributed by atoms with E-state index in [0.717, 1.165) is 19.5 Å². The molecule has 0 atom stereocenters. The van der Waals surface area contributed by atoms with E-state index in [0.29, 0.717) is 0 Å². The zero-order valence-electron chi connectivity index (χ0n) is 8.05. The predicted molar refractivity (Wildman–Crippen MR) is 50.0 cm³/mol. The fourth-order valence-corrected chi connectivity index (χ4v) is 0.813. The molecule has 67 valence electrons. The van der Waals surface area contributed by atoms with Gasteiger partial charge in [0.1, 0.15) is 0 Å². The molecular formula is C8H18BN2Y-. The van der Waals surface area contributed by atoms with Crippen molar-refractivity contribution in [3.8, 4) is 0 Å². The van der Waals surface area contributed by atoms with E-state index < -0.39 is 0 Å². The predicted octanol–water partition coefficient (Wildman–Crippen LogP) is 1.29. The first kappa shape index (κ1) is 15.6. The Hall–Kier alpha value is 1.09. The van der Waals surface area contributed by atoms with Crippen molar-refractivity contribution < 1.29 is 32.7 Å². The van der Waals surface area contributed by atoms with Crippen molar-refractivity contribution in [2.45, 2.75) is 32.6 Å². The molecule has 0 fully saturated rings. The molecule has 1 N–H and O–H groups in total. The maximum Gasteiger partial charge on any atom is 0.206 e. The van der Waals surface area contributed by atoms with Gasteiger partial charge in [-0.3, -0.25) is 10.3 Å². The van der Waals surface area contributed by atoms with E-state index in [-0.39, 0.29) is 32.7 Å². The van der Waals surface area contributed by atoms with Crippen LogP contribution in [0, 0.1) is 6.92 Å². The van der Waals surface area contributed by atoms with Gasteiger partial charge in [0.05, 0.1) is 0 Å². The van der Waals surface area contributed by atoms with Crippen molar-refractivity contribution in [3.05, 3.63) is 6.92 Å². The minimum Gasteiger partial charge on any atom is -0.343 e. The molecule has 0 heterocycles. The second-order valence-electron chi connectivity index (χ2n) is 2.61. The number of nitrogens with zero attached hydrogens (tertiary/aromatic N) is 1. The quantitative estimate of drug-likeness (QED) is 0.313. The molecule has 0 rings (SSSR count). The number of hydrogen-bond donors (Lipinski definition) is 1. The van der Waals surface area contributed by atoms with Gasteiger partial charge in [-0.1, -0.05) is 19.8 Å². The van der Waals surface area contributed by atoms with Crippen LogP contribution in [0.25, 0.3) is 0 Å². The number of unbranched alkanes of at least 4 members (excludes halogenated alkanes) is 3. The molecular weight excluding hydrogens is 224 g/mol. The Bertz CT molecular complexity index is 83.5. The largest absolute Gasteiger partial charge is 0.343 e. The fraction of sp³-hybridized carbons (Fsp3) is 0.875. The standard InChI is InChI=1S/C8H18BN2.Y/c1-3-5-6-7-8-10-11(9)4-2;/h10H,1,3-8H2,2H3;/q-1;. The summed E-state index contributed by atoms with van der Waals surface area (Å²) < 4.78 is 0. The van der Waals surface area contributed by atoms with Crippen molar-refractivity contribution >= 4 is 7.98 Å². The minimum atomic E-state index is 0. The summed E-state index contributed by atoms with van der Waals surface area (Å²) >= 11 is 0. The van der Waals surface area contributed by atoms with Crippen molar-refractivity contribution in [3.63, 3.8) is 0 Å². The van der Waals surface area contributed by atoms with Crippen LogP contribution in [-0.2, 0) is 32.7 Å². The Balaban J connectivity index is 0. The normalized spacial score (nSPS) is 9.92. The third-order valence-corrected chi connectivity index (χ3v) is 1.58. The van der Waals surface area contributed by atoms with Gasteiger partial charge in [-0.25, -0.2) is 0 Å². The maximum atomic E-state index is 5.50. The van der Waals surface area contributed by atoms with Crippen molar-refractivity contribution in [2.75, 3.05) is 13.1 Å². The van der Waals surface area contributed by atoms with Gasteiger partial charge in [0, 0.05) is 39.3 Å². The number of hydrogen-bond acceptors (Lipinski definition) is 2. The molecule has 0 bridgehead atoms. The molecule has 0 aromatic heterocycles. The van der Waals surface area contributed by atoms with E-state index in [2.05, 4.69) is 12.3 Å². The zero-order valence-corrected chi connectivity index (χ0v) is 10.9. The number of hydrazine groups is 1. The Morgan fingerprint density at radius 1 is 1.33 bits per heavy atom. The van der Waals surface area contributed by atoms with Crippen LogP contribution in [0.15, 0.2) is 0 Å². The molecule has 0 saturated heterocycles. The molecule has 0 unspecified atom stereocenters. The molecule has 0 aliphatic rings. The van der Waals surface area contributed by atoms with E-state index in [4.69, 9.17) is 7.98 Å². The van der Waals surface area contributed by atoms with E-state index in [9.17, 15) is 0 Å². The van der Waals surface area contributed by atoms with Crippen LogP contribution >= 0.6 is 0 Å². The van der Waals surface area contributed by atoms with Crippen LogP contribution in [0.4, 0.5) is 0 Å². The average Bonchev–Trinajstić information content (AvgIpc) is 2.04. The smallest absolute Gasteiger partial charge is 0.206 e. The van der Waals surface area contributed by atoms with Crippen LogP contribution in [0.5, 0.6) is 0 Å². The van der Waals surface area contributed by atoms with Crippen LogP contribution in [0.2, 0.25) is 0 Å². The molecule has 12 heavy (non-hydrogen) atoms. The van der Waals surface area contributed by atoms with Gasteiger partial charge in [0.15, 0.2) is 0 Å². The van der Waals surface area contributed by atoms with Gasteiger partial charge >= 0.3 is 0 Å². The minimum absolute atomic E-state index is 0. The number of nitrogens with one attached hydrogen (secondary N) is 1. The third-order valence-electron chi connectivity index (χ3n) is 1.58. The van der Waals surface area contributed by atoms with Crippen molar-refractivity contribution in [1.29, 1.82) is 0 Å². The first-order valence-electron chi connectivity index (χ1n) is 4.36. The molecule has 0 amide bonds. The van der Waals surface area contributed by atoms with Crippen LogP contribution < -0.4 is 5.43 Å². The van der Waals surface area contributed by atoms with E-state index >= 15 is 0 Å². The Labute approximate surface area is 103 Å². The molecule has 0 aliphatic heterocycles. The van der Waals surface area contributed by atoms with E-state index in [1.165, 1.54) is 19.3 Å². The molecule has 0 spiro atoms. The second kappa shape index (κ2) is 12.1. The SMILES string of the molecule is [B]N(CC)NCCCCC[CH2-].[Y]. The summed E-state index contributed by atoms with van der Waals surface area (Å²) in [5.41, 5.74) is 3.08. The first-order valence-corrected chi connectivity index (χ1v) is 4.36. The zero-order chi connectivity index (χ0) is 8.53. The topological polar surface area (TPSA) is 15.3 Å². The summed E-state index contributed by atoms with van der Waals surface area (Å²) in [4.78, 5) is 1.62. The van der Waals surface area contributed by atoms with Gasteiger partial charge in [-0.2, -0.15) is 6.42 Å². The fourth-order valence-electron chi connectivity index (χ4n) is 0.813. The Kier molecular flexibility index (Phi) is 15.7. The second-order valence-corrected chi connectivity index (χ2v) is 2.61. The molecule has 2 nitrogen and oxygen atoms in total. The van der Waals surface area contributed by atoms with Gasteiger partial charge in [0.2, 0.25) is 7.98 Å². The van der Waals surface area contributed by atoms with Crippen molar-refractivity contribution in [2.24, 2.45) is 0 Å². The molecule has 4 heteroatoms. The monoisotopic (exact) mass is 242 g/mol. The Morgan fingerprint density at radius 3 is 2.50 bits per heavy atom.